The predicted octanol–water partition coefficient (Wildman–Crippen LogP) is 6.40. The Labute approximate surface area is 290 Å². The molecule has 2 bridgehead atoms. The van der Waals surface area contributed by atoms with Gasteiger partial charge in [-0.3, -0.25) is 4.79 Å². The summed E-state index contributed by atoms with van der Waals surface area (Å²) < 4.78 is 35.6. The number of amides is 3. The van der Waals surface area contributed by atoms with Gasteiger partial charge in [-0.15, -0.1) is 0 Å². The Hall–Kier alpha value is -3.12. The van der Waals surface area contributed by atoms with Crippen molar-refractivity contribution in [1.29, 1.82) is 0 Å². The van der Waals surface area contributed by atoms with Crippen LogP contribution in [0, 0.1) is 17.8 Å². The molecule has 7 atom stereocenters. The minimum absolute atomic E-state index is 0.0310. The van der Waals surface area contributed by atoms with E-state index in [0.717, 1.165) is 55.8 Å². The zero-order valence-electron chi connectivity index (χ0n) is 27.9. The van der Waals surface area contributed by atoms with Crippen LogP contribution >= 0.6 is 11.6 Å². The minimum Gasteiger partial charge on any atom is -0.491 e. The van der Waals surface area contributed by atoms with Crippen molar-refractivity contribution in [1.82, 2.24) is 10.6 Å². The van der Waals surface area contributed by atoms with Gasteiger partial charge in [-0.2, -0.15) is 10.6 Å². The summed E-state index contributed by atoms with van der Waals surface area (Å²) >= 11 is 6.44. The molecule has 6 rings (SSSR count). The number of hydrogen-bond acceptors (Lipinski definition) is 8. The summed E-state index contributed by atoms with van der Waals surface area (Å²) in [5, 5.41) is 5.54. The van der Waals surface area contributed by atoms with Crippen molar-refractivity contribution < 1.29 is 28.0 Å². The Morgan fingerprint density at radius 2 is 1.94 bits per heavy atom. The van der Waals surface area contributed by atoms with Crippen LogP contribution in [0.5, 0.6) is 5.75 Å². The molecule has 260 valence electrons. The van der Waals surface area contributed by atoms with Gasteiger partial charge in [0.15, 0.2) is 0 Å². The Balaban J connectivity index is 1.38. The van der Waals surface area contributed by atoms with Crippen molar-refractivity contribution >= 4 is 39.8 Å². The molecule has 10 nitrogen and oxygen atoms in total. The predicted molar refractivity (Wildman–Crippen MR) is 187 cm³/mol. The van der Waals surface area contributed by atoms with Crippen LogP contribution in [0.3, 0.4) is 0 Å². The number of hydrogen-bond donors (Lipinski definition) is 2. The number of fused-ring (bicyclic) bond motifs is 3. The Morgan fingerprint density at radius 3 is 2.69 bits per heavy atom. The molecule has 2 heterocycles. The molecule has 0 aromatic heterocycles. The van der Waals surface area contributed by atoms with Crippen molar-refractivity contribution in [3.05, 3.63) is 70.3 Å². The maximum absolute atomic E-state index is 13.8. The molecular weight excluding hydrogens is 652 g/mol. The third-order valence-corrected chi connectivity index (χ3v) is 11.8. The van der Waals surface area contributed by atoms with E-state index in [0.29, 0.717) is 42.7 Å². The molecule has 0 spiro atoms. The van der Waals surface area contributed by atoms with Crippen LogP contribution < -0.4 is 20.3 Å². The molecule has 3 amide bonds. The fourth-order valence-electron chi connectivity index (χ4n) is 7.04. The van der Waals surface area contributed by atoms with Crippen LogP contribution in [0.25, 0.3) is 0 Å². The number of halogens is 1. The Morgan fingerprint density at radius 1 is 1.08 bits per heavy atom. The van der Waals surface area contributed by atoms with Crippen LogP contribution in [-0.2, 0) is 37.2 Å². The van der Waals surface area contributed by atoms with Gasteiger partial charge in [0.25, 0.3) is 5.91 Å². The number of nitrogens with zero attached hydrogens (tertiary/aromatic N) is 2. The van der Waals surface area contributed by atoms with E-state index >= 15 is 0 Å². The lowest BCUT2D eigenvalue weighted by Crippen LogP contribution is -2.47. The first-order valence-electron chi connectivity index (χ1n) is 17.0. The van der Waals surface area contributed by atoms with Crippen molar-refractivity contribution in [2.45, 2.75) is 82.0 Å². The van der Waals surface area contributed by atoms with E-state index in [9.17, 15) is 13.8 Å². The second-order valence-corrected chi connectivity index (χ2v) is 15.1. The monoisotopic (exact) mass is 697 g/mol. The Kier molecular flexibility index (Phi) is 11.3. The van der Waals surface area contributed by atoms with Crippen molar-refractivity contribution in [2.24, 2.45) is 22.1 Å². The first-order valence-corrected chi connectivity index (χ1v) is 18.5. The molecule has 1 unspecified atom stereocenters. The number of urea groups is 1. The molecule has 4 aliphatic rings. The van der Waals surface area contributed by atoms with Gasteiger partial charge in [0, 0.05) is 37.9 Å². The van der Waals surface area contributed by atoms with Gasteiger partial charge in [0.2, 0.25) is 0 Å². The lowest BCUT2D eigenvalue weighted by atomic mass is 9.70. The van der Waals surface area contributed by atoms with Crippen LogP contribution in [-0.4, -0.2) is 62.9 Å². The first-order chi connectivity index (χ1) is 23.2. The number of anilines is 1. The van der Waals surface area contributed by atoms with Gasteiger partial charge >= 0.3 is 6.03 Å². The molecule has 2 aromatic rings. The normalized spacial score (nSPS) is 30.2. The molecule has 2 N–H and O–H groups in total. The molecule has 2 saturated carbocycles. The number of ether oxygens (including phenoxy) is 3. The summed E-state index contributed by atoms with van der Waals surface area (Å²) in [5.41, 5.74) is 3.51. The fraction of sp³-hybridized carbons (Fsp3) is 0.556. The molecule has 2 aromatic carbocycles. The van der Waals surface area contributed by atoms with E-state index in [1.54, 1.807) is 20.3 Å². The summed E-state index contributed by atoms with van der Waals surface area (Å²) in [6, 6.07) is 10.9. The second-order valence-electron chi connectivity index (χ2n) is 13.5. The standard InChI is InChI=1S/C36H46ClN4O6S/c1-22-7-6-9-31(45-2)28-14-11-26(28)21-41-20-25-10-13-27(37)17-23(25)8-4-5-16-47-32-15-12-24(18-30(32)41)34(42)40-48(44)35(22)39-36(43)38-29-19-33(29)46-3/h6,9-10,12-13,15,17-18,22,26,28-29,31,33,35H,4-5,7-8,11,14,16,19-21H2,1-3H3,(H2,38,39,43)/q-1/b9-6+/t22-,26-,28+,29+,31-,33+,35?/m0/s1. The number of nitrogens with one attached hydrogen (secondary N) is 2. The molecule has 2 aliphatic carbocycles. The van der Waals surface area contributed by atoms with Gasteiger partial charge in [0.05, 0.1) is 30.5 Å². The van der Waals surface area contributed by atoms with Crippen LogP contribution in [0.15, 0.2) is 52.9 Å². The average Bonchev–Trinajstić information content (AvgIpc) is 3.82. The third-order valence-electron chi connectivity index (χ3n) is 10.2. The van der Waals surface area contributed by atoms with E-state index in [1.165, 1.54) is 11.1 Å². The largest absolute Gasteiger partial charge is 0.491 e. The van der Waals surface area contributed by atoms with E-state index in [1.807, 2.05) is 31.2 Å². The number of aryl methyl sites for hydroxylation is 1. The average molecular weight is 698 g/mol. The number of benzene rings is 2. The molecule has 2 fully saturated rings. The fourth-order valence-corrected chi connectivity index (χ4v) is 8.34. The topological polar surface area (TPSA) is 119 Å². The van der Waals surface area contributed by atoms with Crippen LogP contribution in [0.4, 0.5) is 10.5 Å². The van der Waals surface area contributed by atoms with Crippen molar-refractivity contribution in [3.63, 3.8) is 0 Å². The first kappa shape index (κ1) is 34.7. The molecule has 0 radical (unpaired) electrons. The lowest BCUT2D eigenvalue weighted by molar-refractivity contribution is 0.0133. The summed E-state index contributed by atoms with van der Waals surface area (Å²) in [6.45, 7) is 3.81. The summed E-state index contributed by atoms with van der Waals surface area (Å²) in [7, 11) is 1.29. The number of rotatable bonds is 4. The second kappa shape index (κ2) is 15.6. The number of carbonyl (C=O) groups excluding carboxylic acids is 2. The highest BCUT2D eigenvalue weighted by Gasteiger charge is 2.39. The highest BCUT2D eigenvalue weighted by molar-refractivity contribution is 7.75. The molecule has 48 heavy (non-hydrogen) atoms. The molecular formula is C36H46ClN4O6S-. The van der Waals surface area contributed by atoms with E-state index in [4.69, 9.17) is 25.8 Å². The van der Waals surface area contributed by atoms with Gasteiger partial charge in [-0.25, -0.2) is 4.79 Å². The third kappa shape index (κ3) is 8.18. The van der Waals surface area contributed by atoms with Crippen molar-refractivity contribution in [2.75, 3.05) is 32.3 Å². The van der Waals surface area contributed by atoms with Gasteiger partial charge in [-0.1, -0.05) is 36.7 Å². The van der Waals surface area contributed by atoms with Gasteiger partial charge in [0.1, 0.15) is 5.75 Å². The molecule has 2 aliphatic heterocycles. The van der Waals surface area contributed by atoms with Gasteiger partial charge < -0.3 is 38.3 Å². The lowest BCUT2D eigenvalue weighted by Gasteiger charge is -2.43. The van der Waals surface area contributed by atoms with E-state index in [-0.39, 0.29) is 24.2 Å². The zero-order valence-corrected chi connectivity index (χ0v) is 29.4. The Bertz CT molecular complexity index is 1610. The zero-order chi connectivity index (χ0) is 33.8. The summed E-state index contributed by atoms with van der Waals surface area (Å²) in [6.07, 6.45) is 10.1. The molecule has 12 heteroatoms. The number of allylic oxidation sites excluding steroid dienone is 1. The van der Waals surface area contributed by atoms with Crippen LogP contribution in [0.1, 0.15) is 66.9 Å². The quantitative estimate of drug-likeness (QED) is 0.281. The van der Waals surface area contributed by atoms with E-state index < -0.39 is 27.9 Å². The smallest absolute Gasteiger partial charge is 0.313 e. The highest BCUT2D eigenvalue weighted by Crippen LogP contribution is 2.42. The minimum atomic E-state index is -2.06. The SMILES string of the molecule is CO[C@H]1/C=C/C[C@H](C)C(NC(=O)N[C@@H]2C[C@H]2OC)[S-](=O)=NC(=O)c2ccc3c(c2)N(Cc2ccc(Cl)cc2CCCCO3)C[C@@H]2CC[C@H]21. The van der Waals surface area contributed by atoms with E-state index in [2.05, 4.69) is 38.1 Å². The molecule has 0 saturated heterocycles. The van der Waals surface area contributed by atoms with Crippen LogP contribution in [0.2, 0.25) is 5.02 Å². The number of carbonyl (C=O) groups is 2. The number of methoxy groups -OCH3 is 2. The van der Waals surface area contributed by atoms with Gasteiger partial charge in [-0.05, 0) is 110 Å². The summed E-state index contributed by atoms with van der Waals surface area (Å²) in [5.74, 6) is 0.468. The van der Waals surface area contributed by atoms with Crippen molar-refractivity contribution in [3.8, 4) is 5.75 Å². The summed E-state index contributed by atoms with van der Waals surface area (Å²) in [4.78, 5) is 28.9. The maximum atomic E-state index is 13.8. The maximum Gasteiger partial charge on any atom is 0.313 e. The highest BCUT2D eigenvalue weighted by atomic mass is 35.5.